The average molecular weight is 832 g/mol. The largest absolute Gasteiger partial charge is 0.425 e. The van der Waals surface area contributed by atoms with Gasteiger partial charge in [-0.25, -0.2) is 19.6 Å². The van der Waals surface area contributed by atoms with E-state index in [0.717, 1.165) is 33.4 Å². The van der Waals surface area contributed by atoms with E-state index in [2.05, 4.69) is 9.97 Å². The van der Waals surface area contributed by atoms with Gasteiger partial charge in [-0.05, 0) is 45.5 Å². The summed E-state index contributed by atoms with van der Waals surface area (Å²) in [5.41, 5.74) is 5.15. The molecule has 2 aromatic heterocycles. The maximum absolute atomic E-state index is 13.4. The van der Waals surface area contributed by atoms with Crippen LogP contribution >= 0.6 is 23.2 Å². The van der Waals surface area contributed by atoms with E-state index in [0.29, 0.717) is 21.2 Å². The summed E-state index contributed by atoms with van der Waals surface area (Å²) in [6.07, 6.45) is 4.65. The molecule has 12 heteroatoms. The molecule has 2 aliphatic rings. The van der Waals surface area contributed by atoms with E-state index >= 15 is 0 Å². The van der Waals surface area contributed by atoms with E-state index in [4.69, 9.17) is 42.1 Å². The first kappa shape index (κ1) is 37.5. The number of carbonyl (C=O) groups is 2. The minimum absolute atomic E-state index is 0.178. The number of halogens is 2. The third-order valence-corrected chi connectivity index (χ3v) is 11.5. The van der Waals surface area contributed by atoms with Gasteiger partial charge in [0.25, 0.3) is 0 Å². The van der Waals surface area contributed by atoms with Crippen molar-refractivity contribution in [3.8, 4) is 34.3 Å². The van der Waals surface area contributed by atoms with Crippen molar-refractivity contribution in [3.63, 3.8) is 0 Å². The first-order valence-corrected chi connectivity index (χ1v) is 19.8. The number of carbonyl (C=O) groups excluding carboxylic acids is 2. The minimum Gasteiger partial charge on any atom is -0.383 e. The Morgan fingerprint density at radius 3 is 1.22 bits per heavy atom. The standard InChI is InChI=1S/C48H32Cl2N4O6/c49-39-17-9-7-15-37(39)47(35-23-19-33(20-24-35)31-11-3-1-4-12-31)43(59-47)53-29-27-51-45(53)57-41(55)42(56)58-46-52-28-30-54(46)44-48(60-44,38-16-8-10-18-40(38)50)36-25-21-34(22-26-36)32-13-5-2-6-14-32/h1-30,43-44H. The molecule has 0 aliphatic carbocycles. The molecule has 10 nitrogen and oxygen atoms in total. The highest BCUT2D eigenvalue weighted by Crippen LogP contribution is 2.62. The number of rotatable bonds is 10. The highest BCUT2D eigenvalue weighted by Gasteiger charge is 2.63. The van der Waals surface area contributed by atoms with Crippen molar-refractivity contribution >= 4 is 35.1 Å². The molecule has 2 aliphatic heterocycles. The van der Waals surface area contributed by atoms with Gasteiger partial charge in [-0.1, -0.05) is 169 Å². The van der Waals surface area contributed by atoms with Crippen LogP contribution in [0.25, 0.3) is 22.3 Å². The molecule has 2 saturated heterocycles. The second-order valence-electron chi connectivity index (χ2n) is 14.3. The number of hydrogen-bond donors (Lipinski definition) is 0. The van der Waals surface area contributed by atoms with Gasteiger partial charge in [0, 0.05) is 46.0 Å². The van der Waals surface area contributed by atoms with Crippen molar-refractivity contribution in [2.75, 3.05) is 0 Å². The van der Waals surface area contributed by atoms with Crippen LogP contribution in [0, 0.1) is 0 Å². The topological polar surface area (TPSA) is 113 Å². The highest BCUT2D eigenvalue weighted by atomic mass is 35.5. The summed E-state index contributed by atoms with van der Waals surface area (Å²) in [5.74, 6) is -2.64. The van der Waals surface area contributed by atoms with Crippen molar-refractivity contribution in [2.24, 2.45) is 0 Å². The van der Waals surface area contributed by atoms with Crippen LogP contribution < -0.4 is 9.47 Å². The van der Waals surface area contributed by atoms with Crippen LogP contribution in [0.5, 0.6) is 12.0 Å². The highest BCUT2D eigenvalue weighted by molar-refractivity contribution is 6.32. The molecular formula is C48H32Cl2N4O6. The van der Waals surface area contributed by atoms with Crippen molar-refractivity contribution in [3.05, 3.63) is 215 Å². The van der Waals surface area contributed by atoms with E-state index in [1.54, 1.807) is 33.7 Å². The number of nitrogens with zero attached hydrogens (tertiary/aromatic N) is 4. The second kappa shape index (κ2) is 15.1. The molecule has 4 heterocycles. The van der Waals surface area contributed by atoms with E-state index in [-0.39, 0.29) is 12.0 Å². The number of imidazole rings is 2. The first-order chi connectivity index (χ1) is 29.4. The first-order valence-electron chi connectivity index (χ1n) is 19.0. The molecule has 8 aromatic rings. The fourth-order valence-electron chi connectivity index (χ4n) is 7.88. The van der Waals surface area contributed by atoms with Crippen molar-refractivity contribution in [1.29, 1.82) is 0 Å². The summed E-state index contributed by atoms with van der Waals surface area (Å²) in [4.78, 5) is 35.3. The van der Waals surface area contributed by atoms with Crippen molar-refractivity contribution in [2.45, 2.75) is 23.7 Å². The normalized spacial score (nSPS) is 20.3. The Morgan fingerprint density at radius 1 is 0.483 bits per heavy atom. The summed E-state index contributed by atoms with van der Waals surface area (Å²) in [6.45, 7) is 0. The van der Waals surface area contributed by atoms with Crippen LogP contribution in [0.15, 0.2) is 183 Å². The monoisotopic (exact) mass is 830 g/mol. The molecular weight excluding hydrogens is 799 g/mol. The molecule has 4 unspecified atom stereocenters. The third-order valence-electron chi connectivity index (χ3n) is 10.9. The van der Waals surface area contributed by atoms with Gasteiger partial charge in [0.1, 0.15) is 0 Å². The van der Waals surface area contributed by atoms with Gasteiger partial charge < -0.3 is 18.9 Å². The van der Waals surface area contributed by atoms with E-state index in [9.17, 15) is 9.59 Å². The number of ether oxygens (including phenoxy) is 4. The third kappa shape index (κ3) is 6.47. The Kier molecular flexibility index (Phi) is 9.42. The lowest BCUT2D eigenvalue weighted by Gasteiger charge is -2.17. The Hall–Kier alpha value is -6.82. The Balaban J connectivity index is 0.892. The minimum atomic E-state index is -1.32. The fourth-order valence-corrected chi connectivity index (χ4v) is 8.44. The van der Waals surface area contributed by atoms with E-state index in [1.807, 2.05) is 146 Å². The number of benzene rings is 6. The average Bonchev–Trinajstić information content (AvgIpc) is 4.10. The number of esters is 2. The van der Waals surface area contributed by atoms with Crippen molar-refractivity contribution in [1.82, 2.24) is 19.1 Å². The summed E-state index contributed by atoms with van der Waals surface area (Å²) < 4.78 is 27.2. The quantitative estimate of drug-likeness (QED) is 0.0761. The van der Waals surface area contributed by atoms with Crippen LogP contribution in [0.3, 0.4) is 0 Å². The zero-order valence-electron chi connectivity index (χ0n) is 31.5. The van der Waals surface area contributed by atoms with Gasteiger partial charge in [0.2, 0.25) is 0 Å². The SMILES string of the molecule is O=C(Oc1nccn1C1OC1(c1ccc(-c2ccccc2)cc1)c1ccccc1Cl)C(=O)Oc1nccn1C1OC1(c1ccc(-c2ccccc2)cc1)c1ccccc1Cl. The molecule has 0 radical (unpaired) electrons. The lowest BCUT2D eigenvalue weighted by atomic mass is 9.89. The molecule has 60 heavy (non-hydrogen) atoms. The predicted octanol–water partition coefficient (Wildman–Crippen LogP) is 10.2. The molecule has 0 bridgehead atoms. The fraction of sp³-hybridized carbons (Fsp3) is 0.0833. The molecule has 4 atom stereocenters. The summed E-state index contributed by atoms with van der Waals surface area (Å²) in [6, 6.07) is 50.5. The molecule has 6 aromatic carbocycles. The lowest BCUT2D eigenvalue weighted by Crippen LogP contribution is -2.28. The second-order valence-corrected chi connectivity index (χ2v) is 15.1. The van der Waals surface area contributed by atoms with E-state index in [1.165, 1.54) is 12.4 Å². The van der Waals surface area contributed by atoms with Crippen molar-refractivity contribution < 1.29 is 28.5 Å². The molecule has 294 valence electrons. The summed E-state index contributed by atoms with van der Waals surface area (Å²) in [5, 5.41) is 0.986. The van der Waals surface area contributed by atoms with Crippen LogP contribution in [0.2, 0.25) is 10.0 Å². The molecule has 0 spiro atoms. The van der Waals surface area contributed by atoms with Crippen LogP contribution in [-0.4, -0.2) is 31.0 Å². The van der Waals surface area contributed by atoms with Crippen LogP contribution in [0.4, 0.5) is 0 Å². The van der Waals surface area contributed by atoms with Gasteiger partial charge in [0.05, 0.1) is 0 Å². The maximum Gasteiger partial charge on any atom is 0.425 e. The summed E-state index contributed by atoms with van der Waals surface area (Å²) >= 11 is 13.5. The molecule has 0 saturated carbocycles. The molecule has 10 rings (SSSR count). The Morgan fingerprint density at radius 2 is 0.833 bits per heavy atom. The van der Waals surface area contributed by atoms with Gasteiger partial charge in [-0.15, -0.1) is 0 Å². The smallest absolute Gasteiger partial charge is 0.383 e. The maximum atomic E-state index is 13.4. The zero-order valence-corrected chi connectivity index (χ0v) is 33.0. The van der Waals surface area contributed by atoms with Gasteiger partial charge >= 0.3 is 24.0 Å². The van der Waals surface area contributed by atoms with Crippen LogP contribution in [-0.2, 0) is 30.3 Å². The Labute approximate surface area is 354 Å². The van der Waals surface area contributed by atoms with Gasteiger partial charge in [0.15, 0.2) is 23.7 Å². The molecule has 0 N–H and O–H groups in total. The van der Waals surface area contributed by atoms with Crippen LogP contribution in [0.1, 0.15) is 34.7 Å². The number of aromatic nitrogens is 4. The zero-order chi connectivity index (χ0) is 40.8. The predicted molar refractivity (Wildman–Crippen MR) is 224 cm³/mol. The Bertz CT molecular complexity index is 2670. The molecule has 2 fully saturated rings. The lowest BCUT2D eigenvalue weighted by molar-refractivity contribution is -0.157. The molecule has 0 amide bonds. The van der Waals surface area contributed by atoms with E-state index < -0.39 is 35.6 Å². The number of epoxide rings is 2. The van der Waals surface area contributed by atoms with Gasteiger partial charge in [-0.2, -0.15) is 0 Å². The number of hydrogen-bond acceptors (Lipinski definition) is 8. The summed E-state index contributed by atoms with van der Waals surface area (Å²) in [7, 11) is 0. The van der Waals surface area contributed by atoms with Gasteiger partial charge in [-0.3, -0.25) is 9.13 Å².